The van der Waals surface area contributed by atoms with Crippen LogP contribution in [0.15, 0.2) is 24.3 Å². The van der Waals surface area contributed by atoms with Crippen molar-refractivity contribution in [1.29, 1.82) is 0 Å². The monoisotopic (exact) mass is 310 g/mol. The number of benzene rings is 1. The Morgan fingerprint density at radius 3 is 2.46 bits per heavy atom. The van der Waals surface area contributed by atoms with Crippen LogP contribution >= 0.6 is 35.2 Å². The molecule has 0 aliphatic carbocycles. The van der Waals surface area contributed by atoms with Crippen molar-refractivity contribution in [2.24, 2.45) is 0 Å². The first kappa shape index (κ1) is 11.3. The van der Waals surface area contributed by atoms with Gasteiger partial charge in [-0.25, -0.2) is 0 Å². The molecule has 2 unspecified atom stereocenters. The second-order valence-electron chi connectivity index (χ2n) is 2.72. The third-order valence-electron chi connectivity index (χ3n) is 1.78. The summed E-state index contributed by atoms with van der Waals surface area (Å²) in [6, 6.07) is 7.43. The van der Waals surface area contributed by atoms with Gasteiger partial charge in [0.05, 0.1) is 6.10 Å². The zero-order chi connectivity index (χ0) is 9.84. The van der Waals surface area contributed by atoms with Gasteiger partial charge in [-0.3, -0.25) is 0 Å². The third-order valence-corrected chi connectivity index (χ3v) is 3.13. The fourth-order valence-electron chi connectivity index (χ4n) is 1.02. The van der Waals surface area contributed by atoms with Gasteiger partial charge in [0.1, 0.15) is 6.10 Å². The Bertz CT molecular complexity index is 280. The zero-order valence-corrected chi connectivity index (χ0v) is 9.94. The molecule has 2 atom stereocenters. The van der Waals surface area contributed by atoms with Crippen molar-refractivity contribution in [2.45, 2.75) is 12.2 Å². The van der Waals surface area contributed by atoms with Gasteiger partial charge >= 0.3 is 0 Å². The van der Waals surface area contributed by atoms with Gasteiger partial charge in [-0.15, -0.1) is 0 Å². The van der Waals surface area contributed by atoms with E-state index < -0.39 is 12.2 Å². The maximum atomic E-state index is 9.67. The number of hydrogen-bond donors (Lipinski definition) is 3. The normalized spacial score (nSPS) is 15.4. The van der Waals surface area contributed by atoms with E-state index >= 15 is 0 Å². The molecule has 0 saturated heterocycles. The van der Waals surface area contributed by atoms with Gasteiger partial charge in [0.25, 0.3) is 0 Å². The van der Waals surface area contributed by atoms with Crippen molar-refractivity contribution in [3.8, 4) is 0 Å². The second-order valence-corrected chi connectivity index (χ2v) is 4.24. The van der Waals surface area contributed by atoms with Crippen LogP contribution in [0.2, 0.25) is 0 Å². The van der Waals surface area contributed by atoms with Gasteiger partial charge < -0.3 is 10.2 Å². The molecule has 1 rings (SSSR count). The first-order chi connectivity index (χ1) is 6.16. The van der Waals surface area contributed by atoms with Crippen molar-refractivity contribution in [2.75, 3.05) is 5.75 Å². The van der Waals surface area contributed by atoms with E-state index in [-0.39, 0.29) is 5.75 Å². The van der Waals surface area contributed by atoms with Crippen LogP contribution in [0.5, 0.6) is 0 Å². The quantitative estimate of drug-likeness (QED) is 0.586. The van der Waals surface area contributed by atoms with E-state index in [0.717, 1.165) is 9.13 Å². The van der Waals surface area contributed by atoms with Gasteiger partial charge in [-0.05, 0) is 34.2 Å². The minimum atomic E-state index is -0.842. The second kappa shape index (κ2) is 5.19. The molecule has 0 spiro atoms. The predicted molar refractivity (Wildman–Crippen MR) is 64.0 cm³/mol. The number of rotatable bonds is 3. The van der Waals surface area contributed by atoms with E-state index in [1.165, 1.54) is 0 Å². The summed E-state index contributed by atoms with van der Waals surface area (Å²) in [6.07, 6.45) is -1.65. The third kappa shape index (κ3) is 2.83. The van der Waals surface area contributed by atoms with Crippen molar-refractivity contribution in [1.82, 2.24) is 0 Å². The standard InChI is InChI=1S/C9H11IO2S/c10-7-4-2-1-3-6(7)9(12)8(11)5-13/h1-4,8-9,11-13H,5H2. The summed E-state index contributed by atoms with van der Waals surface area (Å²) in [7, 11) is 0. The van der Waals surface area contributed by atoms with E-state index in [9.17, 15) is 10.2 Å². The molecule has 0 bridgehead atoms. The maximum Gasteiger partial charge on any atom is 0.107 e. The minimum Gasteiger partial charge on any atom is -0.389 e. The van der Waals surface area contributed by atoms with Gasteiger partial charge in [0, 0.05) is 9.32 Å². The zero-order valence-electron chi connectivity index (χ0n) is 6.89. The predicted octanol–water partition coefficient (Wildman–Crippen LogP) is 1.62. The largest absolute Gasteiger partial charge is 0.389 e. The highest BCUT2D eigenvalue weighted by Gasteiger charge is 2.18. The summed E-state index contributed by atoms with van der Waals surface area (Å²) in [5.41, 5.74) is 0.754. The molecule has 0 saturated carbocycles. The van der Waals surface area contributed by atoms with Crippen LogP contribution in [0.1, 0.15) is 11.7 Å². The van der Waals surface area contributed by atoms with Crippen LogP contribution in [0.4, 0.5) is 0 Å². The molecule has 13 heavy (non-hydrogen) atoms. The number of halogens is 1. The summed E-state index contributed by atoms with van der Waals surface area (Å²) >= 11 is 6.06. The molecular formula is C9H11IO2S. The minimum absolute atomic E-state index is 0.256. The number of aliphatic hydroxyl groups is 2. The topological polar surface area (TPSA) is 40.5 Å². The van der Waals surface area contributed by atoms with Gasteiger partial charge in [-0.2, -0.15) is 12.6 Å². The average Bonchev–Trinajstić information content (AvgIpc) is 2.16. The molecule has 0 fully saturated rings. The lowest BCUT2D eigenvalue weighted by Gasteiger charge is -2.17. The summed E-state index contributed by atoms with van der Waals surface area (Å²) < 4.78 is 0.952. The van der Waals surface area contributed by atoms with E-state index in [2.05, 4.69) is 35.2 Å². The fourth-order valence-corrected chi connectivity index (χ4v) is 1.93. The Hall–Kier alpha value is 0.220. The van der Waals surface area contributed by atoms with Crippen LogP contribution in [0.3, 0.4) is 0 Å². The SMILES string of the molecule is OC(CS)C(O)c1ccccc1I. The Kier molecular flexibility index (Phi) is 4.51. The maximum absolute atomic E-state index is 9.67. The molecule has 72 valence electrons. The lowest BCUT2D eigenvalue weighted by atomic mass is 10.1. The lowest BCUT2D eigenvalue weighted by Crippen LogP contribution is -2.20. The Labute approximate surface area is 96.5 Å². The molecule has 2 N–H and O–H groups in total. The van der Waals surface area contributed by atoms with E-state index in [0.29, 0.717) is 0 Å². The molecular weight excluding hydrogens is 299 g/mol. The van der Waals surface area contributed by atoms with Crippen LogP contribution in [0.25, 0.3) is 0 Å². The molecule has 4 heteroatoms. The highest BCUT2D eigenvalue weighted by molar-refractivity contribution is 14.1. The highest BCUT2D eigenvalue weighted by Crippen LogP contribution is 2.22. The summed E-state index contributed by atoms with van der Waals surface area (Å²) in [5.74, 6) is 0.256. The van der Waals surface area contributed by atoms with Gasteiger partial charge in [-0.1, -0.05) is 18.2 Å². The summed E-state index contributed by atoms with van der Waals surface area (Å²) in [5, 5.41) is 19.0. The van der Waals surface area contributed by atoms with Crippen molar-refractivity contribution < 1.29 is 10.2 Å². The fraction of sp³-hybridized carbons (Fsp3) is 0.333. The van der Waals surface area contributed by atoms with Crippen molar-refractivity contribution in [3.63, 3.8) is 0 Å². The molecule has 0 heterocycles. The van der Waals surface area contributed by atoms with Crippen LogP contribution in [-0.4, -0.2) is 22.1 Å². The smallest absolute Gasteiger partial charge is 0.107 e. The highest BCUT2D eigenvalue weighted by atomic mass is 127. The van der Waals surface area contributed by atoms with E-state index in [1.54, 1.807) is 6.07 Å². The summed E-state index contributed by atoms with van der Waals surface area (Å²) in [6.45, 7) is 0. The molecule has 0 aliphatic rings. The molecule has 0 amide bonds. The van der Waals surface area contributed by atoms with Crippen LogP contribution in [-0.2, 0) is 0 Å². The van der Waals surface area contributed by atoms with Crippen molar-refractivity contribution in [3.05, 3.63) is 33.4 Å². The molecule has 0 aliphatic heterocycles. The van der Waals surface area contributed by atoms with Crippen LogP contribution < -0.4 is 0 Å². The van der Waals surface area contributed by atoms with Crippen LogP contribution in [0, 0.1) is 3.57 Å². The van der Waals surface area contributed by atoms with E-state index in [1.807, 2.05) is 18.2 Å². The molecule has 0 aromatic heterocycles. The Morgan fingerprint density at radius 2 is 1.92 bits per heavy atom. The van der Waals surface area contributed by atoms with Gasteiger partial charge in [0.2, 0.25) is 0 Å². The average molecular weight is 310 g/mol. The molecule has 0 radical (unpaired) electrons. The Balaban J connectivity index is 2.88. The number of hydrogen-bond acceptors (Lipinski definition) is 3. The number of aliphatic hydroxyl groups excluding tert-OH is 2. The first-order valence-electron chi connectivity index (χ1n) is 3.88. The van der Waals surface area contributed by atoms with Crippen molar-refractivity contribution >= 4 is 35.2 Å². The lowest BCUT2D eigenvalue weighted by molar-refractivity contribution is 0.0332. The molecule has 1 aromatic carbocycles. The number of thiol groups is 1. The molecule has 2 nitrogen and oxygen atoms in total. The van der Waals surface area contributed by atoms with E-state index in [4.69, 9.17) is 0 Å². The Morgan fingerprint density at radius 1 is 1.31 bits per heavy atom. The summed E-state index contributed by atoms with van der Waals surface area (Å²) in [4.78, 5) is 0. The van der Waals surface area contributed by atoms with Gasteiger partial charge in [0.15, 0.2) is 0 Å². The molecule has 1 aromatic rings. The first-order valence-corrected chi connectivity index (χ1v) is 5.59.